The number of nitro benzene ring substituents is 1. The molecule has 1 saturated heterocycles. The second-order valence-corrected chi connectivity index (χ2v) is 7.84. The maximum Gasteiger partial charge on any atom is 0.269 e. The summed E-state index contributed by atoms with van der Waals surface area (Å²) in [6.45, 7) is 0.414. The summed E-state index contributed by atoms with van der Waals surface area (Å²) in [5.74, 6) is 0. The van der Waals surface area contributed by atoms with Crippen LogP contribution in [0.25, 0.3) is 10.8 Å². The van der Waals surface area contributed by atoms with Gasteiger partial charge in [0, 0.05) is 18.7 Å². The van der Waals surface area contributed by atoms with Gasteiger partial charge in [0.25, 0.3) is 5.69 Å². The zero-order chi connectivity index (χ0) is 17.6. The molecule has 0 aromatic heterocycles. The van der Waals surface area contributed by atoms with Crippen molar-refractivity contribution in [3.05, 3.63) is 82.4 Å². The first-order chi connectivity index (χ1) is 12.0. The molecule has 1 fully saturated rings. The third-order valence-corrected chi connectivity index (χ3v) is 6.27. The van der Waals surface area contributed by atoms with Crippen molar-refractivity contribution in [3.63, 3.8) is 0 Å². The van der Waals surface area contributed by atoms with E-state index in [1.807, 2.05) is 42.5 Å². The van der Waals surface area contributed by atoms with Crippen LogP contribution in [-0.2, 0) is 10.0 Å². The summed E-state index contributed by atoms with van der Waals surface area (Å²) in [7, 11) is -3.65. The van der Waals surface area contributed by atoms with Crippen LogP contribution in [-0.4, -0.2) is 24.2 Å². The SMILES string of the molecule is O=[N+]([O-])c1ccc(S(=O)(=O)N2CC2c2ccc3ccccc3c2)cc1. The highest BCUT2D eigenvalue weighted by atomic mass is 32.2. The van der Waals surface area contributed by atoms with Gasteiger partial charge in [0.15, 0.2) is 0 Å². The second-order valence-electron chi connectivity index (χ2n) is 5.95. The van der Waals surface area contributed by atoms with Crippen LogP contribution in [0.5, 0.6) is 0 Å². The van der Waals surface area contributed by atoms with Gasteiger partial charge in [0.1, 0.15) is 0 Å². The molecular weight excluding hydrogens is 340 g/mol. The van der Waals surface area contributed by atoms with Gasteiger partial charge < -0.3 is 0 Å². The van der Waals surface area contributed by atoms with Crippen molar-refractivity contribution in [3.8, 4) is 0 Å². The maximum atomic E-state index is 12.7. The lowest BCUT2D eigenvalue weighted by Gasteiger charge is -2.07. The molecule has 7 heteroatoms. The van der Waals surface area contributed by atoms with Crippen molar-refractivity contribution in [1.29, 1.82) is 0 Å². The summed E-state index contributed by atoms with van der Waals surface area (Å²) in [6, 6.07) is 18.6. The van der Waals surface area contributed by atoms with Gasteiger partial charge in [-0.2, -0.15) is 4.31 Å². The average Bonchev–Trinajstić information content (AvgIpc) is 3.43. The van der Waals surface area contributed by atoms with Gasteiger partial charge in [0.05, 0.1) is 15.9 Å². The van der Waals surface area contributed by atoms with Crippen LogP contribution in [0, 0.1) is 10.1 Å². The molecule has 126 valence electrons. The van der Waals surface area contributed by atoms with Gasteiger partial charge >= 0.3 is 0 Å². The Bertz CT molecular complexity index is 1080. The van der Waals surface area contributed by atoms with E-state index in [0.29, 0.717) is 6.54 Å². The highest BCUT2D eigenvalue weighted by Crippen LogP contribution is 2.41. The van der Waals surface area contributed by atoms with E-state index in [1.54, 1.807) is 0 Å². The molecule has 0 bridgehead atoms. The number of hydrogen-bond acceptors (Lipinski definition) is 4. The smallest absolute Gasteiger partial charge is 0.258 e. The molecule has 2 atom stereocenters. The molecule has 1 aliphatic heterocycles. The molecule has 3 aromatic rings. The zero-order valence-corrected chi connectivity index (χ0v) is 13.9. The first-order valence-electron chi connectivity index (χ1n) is 7.72. The molecule has 6 nitrogen and oxygen atoms in total. The minimum atomic E-state index is -3.65. The van der Waals surface area contributed by atoms with E-state index < -0.39 is 14.9 Å². The van der Waals surface area contributed by atoms with E-state index in [4.69, 9.17) is 0 Å². The van der Waals surface area contributed by atoms with E-state index in [-0.39, 0.29) is 16.6 Å². The summed E-state index contributed by atoms with van der Waals surface area (Å²) >= 11 is 0. The fraction of sp³-hybridized carbons (Fsp3) is 0.111. The van der Waals surface area contributed by atoms with Crippen LogP contribution in [0.2, 0.25) is 0 Å². The average molecular weight is 354 g/mol. The van der Waals surface area contributed by atoms with Crippen LogP contribution in [0.4, 0.5) is 5.69 Å². The van der Waals surface area contributed by atoms with E-state index in [0.717, 1.165) is 16.3 Å². The number of rotatable bonds is 4. The van der Waals surface area contributed by atoms with E-state index in [1.165, 1.54) is 28.6 Å². The molecule has 0 N–H and O–H groups in total. The first-order valence-corrected chi connectivity index (χ1v) is 9.16. The lowest BCUT2D eigenvalue weighted by atomic mass is 10.1. The van der Waals surface area contributed by atoms with Gasteiger partial charge in [-0.1, -0.05) is 36.4 Å². The molecule has 0 saturated carbocycles. The lowest BCUT2D eigenvalue weighted by Crippen LogP contribution is -2.12. The van der Waals surface area contributed by atoms with Gasteiger partial charge in [-0.25, -0.2) is 8.42 Å². The number of nitro groups is 1. The Kier molecular flexibility index (Phi) is 3.55. The minimum absolute atomic E-state index is 0.0707. The molecule has 3 aromatic carbocycles. The molecule has 0 spiro atoms. The molecule has 25 heavy (non-hydrogen) atoms. The van der Waals surface area contributed by atoms with Crippen molar-refractivity contribution in [2.45, 2.75) is 10.9 Å². The Balaban J connectivity index is 1.61. The van der Waals surface area contributed by atoms with Crippen molar-refractivity contribution in [2.75, 3.05) is 6.54 Å². The highest BCUT2D eigenvalue weighted by Gasteiger charge is 2.45. The molecule has 1 heterocycles. The van der Waals surface area contributed by atoms with Gasteiger partial charge in [-0.15, -0.1) is 0 Å². The summed E-state index contributed by atoms with van der Waals surface area (Å²) in [6.07, 6.45) is 0. The van der Waals surface area contributed by atoms with Crippen molar-refractivity contribution in [1.82, 2.24) is 4.31 Å². The quantitative estimate of drug-likeness (QED) is 0.408. The molecule has 0 radical (unpaired) electrons. The van der Waals surface area contributed by atoms with Crippen molar-refractivity contribution >= 4 is 26.5 Å². The normalized spacial score (nSPS) is 19.7. The van der Waals surface area contributed by atoms with Gasteiger partial charge in [0.2, 0.25) is 10.0 Å². The molecular formula is C18H14N2O4S. The predicted octanol–water partition coefficient (Wildman–Crippen LogP) is 3.49. The zero-order valence-electron chi connectivity index (χ0n) is 13.1. The Morgan fingerprint density at radius 2 is 1.64 bits per heavy atom. The van der Waals surface area contributed by atoms with Crippen molar-refractivity contribution in [2.24, 2.45) is 0 Å². The monoisotopic (exact) mass is 354 g/mol. The number of sulfonamides is 1. The number of non-ortho nitro benzene ring substituents is 1. The topological polar surface area (TPSA) is 80.3 Å². The Labute approximate surface area is 144 Å². The Morgan fingerprint density at radius 1 is 0.960 bits per heavy atom. The lowest BCUT2D eigenvalue weighted by molar-refractivity contribution is -0.384. The molecule has 0 aliphatic carbocycles. The fourth-order valence-electron chi connectivity index (χ4n) is 2.95. The third kappa shape index (κ3) is 2.77. The largest absolute Gasteiger partial charge is 0.269 e. The molecule has 0 amide bonds. The Hall–Kier alpha value is -2.77. The number of nitrogens with zero attached hydrogens (tertiary/aromatic N) is 2. The third-order valence-electron chi connectivity index (χ3n) is 4.38. The van der Waals surface area contributed by atoms with Crippen LogP contribution in [0.1, 0.15) is 11.6 Å². The maximum absolute atomic E-state index is 12.7. The van der Waals surface area contributed by atoms with Crippen molar-refractivity contribution < 1.29 is 13.3 Å². The van der Waals surface area contributed by atoms with Crippen LogP contribution in [0.15, 0.2) is 71.6 Å². The molecule has 4 rings (SSSR count). The first kappa shape index (κ1) is 15.7. The summed E-state index contributed by atoms with van der Waals surface area (Å²) in [5.41, 5.74) is 0.819. The van der Waals surface area contributed by atoms with Gasteiger partial charge in [-0.05, 0) is 34.5 Å². The van der Waals surface area contributed by atoms with E-state index >= 15 is 0 Å². The van der Waals surface area contributed by atoms with Crippen LogP contribution in [0.3, 0.4) is 0 Å². The highest BCUT2D eigenvalue weighted by molar-refractivity contribution is 7.89. The minimum Gasteiger partial charge on any atom is -0.258 e. The summed E-state index contributed by atoms with van der Waals surface area (Å²) < 4.78 is 26.8. The van der Waals surface area contributed by atoms with Gasteiger partial charge in [-0.3, -0.25) is 10.1 Å². The number of hydrogen-bond donors (Lipinski definition) is 0. The molecule has 2 unspecified atom stereocenters. The second kappa shape index (κ2) is 5.65. The van der Waals surface area contributed by atoms with E-state index in [9.17, 15) is 18.5 Å². The number of benzene rings is 3. The van der Waals surface area contributed by atoms with Crippen LogP contribution >= 0.6 is 0 Å². The molecule has 1 aliphatic rings. The predicted molar refractivity (Wildman–Crippen MR) is 93.7 cm³/mol. The fourth-order valence-corrected chi connectivity index (χ4v) is 4.50. The van der Waals surface area contributed by atoms with E-state index in [2.05, 4.69) is 0 Å². The summed E-state index contributed by atoms with van der Waals surface area (Å²) in [5, 5.41) is 12.9. The summed E-state index contributed by atoms with van der Waals surface area (Å²) in [4.78, 5) is 10.2. The Morgan fingerprint density at radius 3 is 2.32 bits per heavy atom. The standard InChI is InChI=1S/C18H14N2O4S/c21-20(22)16-7-9-17(10-8-16)25(23,24)19-12-18(19)15-6-5-13-3-1-2-4-14(13)11-15/h1-11,18H,12H2. The number of fused-ring (bicyclic) bond motifs is 1. The van der Waals surface area contributed by atoms with Crippen LogP contribution < -0.4 is 0 Å².